The van der Waals surface area contributed by atoms with Gasteiger partial charge in [-0.2, -0.15) is 5.26 Å². The smallest absolute Gasteiger partial charge is 0.101 e. The summed E-state index contributed by atoms with van der Waals surface area (Å²) in [4.78, 5) is 2.34. The normalized spacial score (nSPS) is 22.0. The number of aliphatic hydroxyl groups excluding tert-OH is 1. The molecule has 3 nitrogen and oxygen atoms in total. The summed E-state index contributed by atoms with van der Waals surface area (Å²) in [5, 5.41) is 18.4. The molecule has 0 aliphatic carbocycles. The number of nitrogens with zero attached hydrogens (tertiary/aromatic N) is 2. The van der Waals surface area contributed by atoms with Crippen molar-refractivity contribution < 1.29 is 5.11 Å². The number of rotatable bonds is 3. The van der Waals surface area contributed by atoms with Crippen LogP contribution < -0.4 is 4.90 Å². The van der Waals surface area contributed by atoms with Crippen LogP contribution in [0, 0.1) is 17.2 Å². The summed E-state index contributed by atoms with van der Waals surface area (Å²) < 4.78 is 0. The van der Waals surface area contributed by atoms with Gasteiger partial charge in [0.1, 0.15) is 6.07 Å². The third-order valence-corrected chi connectivity index (χ3v) is 4.19. The van der Waals surface area contributed by atoms with Gasteiger partial charge in [0.05, 0.1) is 11.3 Å². The average Bonchev–Trinajstić information content (AvgIpc) is 2.41. The quantitative estimate of drug-likeness (QED) is 0.906. The van der Waals surface area contributed by atoms with Gasteiger partial charge in [0.15, 0.2) is 0 Å². The summed E-state index contributed by atoms with van der Waals surface area (Å²) in [5.41, 5.74) is 1.83. The molecule has 0 aromatic heterocycles. The standard InChI is InChI=1S/C16H22N2O/c1-16(2)9-7-13(8-10-19)12-18(16)15-6-4-3-5-14(15)11-17/h3-6,13,19H,7-10,12H2,1-2H3. The maximum Gasteiger partial charge on any atom is 0.101 e. The van der Waals surface area contributed by atoms with Crippen LogP contribution in [0.4, 0.5) is 5.69 Å². The number of para-hydroxylation sites is 1. The molecule has 0 spiro atoms. The Morgan fingerprint density at radius 2 is 2.16 bits per heavy atom. The predicted octanol–water partition coefficient (Wildman–Crippen LogP) is 2.94. The fraction of sp³-hybridized carbons (Fsp3) is 0.562. The number of nitriles is 1. The van der Waals surface area contributed by atoms with Gasteiger partial charge in [-0.15, -0.1) is 0 Å². The second-order valence-electron chi connectivity index (χ2n) is 5.97. The molecule has 1 aliphatic rings. The predicted molar refractivity (Wildman–Crippen MR) is 77.0 cm³/mol. The van der Waals surface area contributed by atoms with E-state index in [-0.39, 0.29) is 12.1 Å². The van der Waals surface area contributed by atoms with Crippen LogP contribution in [0.1, 0.15) is 38.7 Å². The fourth-order valence-electron chi connectivity index (χ4n) is 2.94. The Hall–Kier alpha value is -1.53. The van der Waals surface area contributed by atoms with E-state index < -0.39 is 0 Å². The lowest BCUT2D eigenvalue weighted by Crippen LogP contribution is -2.51. The number of hydrogen-bond donors (Lipinski definition) is 1. The van der Waals surface area contributed by atoms with E-state index in [1.165, 1.54) is 0 Å². The number of piperidine rings is 1. The highest BCUT2D eigenvalue weighted by molar-refractivity contribution is 5.61. The molecule has 1 aromatic carbocycles. The molecule has 1 aromatic rings. The molecule has 1 heterocycles. The number of aliphatic hydroxyl groups is 1. The molecule has 1 saturated heterocycles. The third-order valence-electron chi connectivity index (χ3n) is 4.19. The Balaban J connectivity index is 2.31. The van der Waals surface area contributed by atoms with Crippen molar-refractivity contribution in [2.24, 2.45) is 5.92 Å². The van der Waals surface area contributed by atoms with Crippen molar-refractivity contribution in [3.8, 4) is 6.07 Å². The summed E-state index contributed by atoms with van der Waals surface area (Å²) >= 11 is 0. The van der Waals surface area contributed by atoms with Crippen LogP contribution in [0.15, 0.2) is 24.3 Å². The Morgan fingerprint density at radius 1 is 1.42 bits per heavy atom. The molecule has 0 saturated carbocycles. The molecule has 1 atom stereocenters. The van der Waals surface area contributed by atoms with Crippen LogP contribution in [0.25, 0.3) is 0 Å². The minimum atomic E-state index is 0.0684. The number of hydrogen-bond acceptors (Lipinski definition) is 3. The highest BCUT2D eigenvalue weighted by atomic mass is 16.3. The summed E-state index contributed by atoms with van der Waals surface area (Å²) in [5.74, 6) is 0.518. The van der Waals surface area contributed by atoms with Gasteiger partial charge in [-0.05, 0) is 51.2 Å². The minimum absolute atomic E-state index is 0.0684. The van der Waals surface area contributed by atoms with E-state index in [0.717, 1.165) is 37.1 Å². The largest absolute Gasteiger partial charge is 0.396 e. The van der Waals surface area contributed by atoms with Gasteiger partial charge in [-0.25, -0.2) is 0 Å². The summed E-state index contributed by atoms with van der Waals surface area (Å²) in [6, 6.07) is 10.1. The van der Waals surface area contributed by atoms with E-state index in [1.807, 2.05) is 24.3 Å². The molecular weight excluding hydrogens is 236 g/mol. The van der Waals surface area contributed by atoms with Gasteiger partial charge in [0, 0.05) is 18.7 Å². The Labute approximate surface area is 115 Å². The van der Waals surface area contributed by atoms with Crippen molar-refractivity contribution in [2.45, 2.75) is 38.6 Å². The molecule has 1 aliphatic heterocycles. The molecule has 0 amide bonds. The third kappa shape index (κ3) is 2.90. The first-order valence-corrected chi connectivity index (χ1v) is 6.96. The van der Waals surface area contributed by atoms with E-state index in [9.17, 15) is 5.26 Å². The lowest BCUT2D eigenvalue weighted by atomic mass is 9.82. The van der Waals surface area contributed by atoms with Crippen LogP contribution in [-0.2, 0) is 0 Å². The van der Waals surface area contributed by atoms with Crippen LogP contribution >= 0.6 is 0 Å². The first kappa shape index (κ1) is 13.9. The van der Waals surface area contributed by atoms with Crippen LogP contribution in [0.2, 0.25) is 0 Å². The van der Waals surface area contributed by atoms with Crippen molar-refractivity contribution in [1.82, 2.24) is 0 Å². The SMILES string of the molecule is CC1(C)CCC(CCO)CN1c1ccccc1C#N. The maximum absolute atomic E-state index is 9.27. The second-order valence-corrected chi connectivity index (χ2v) is 5.97. The first-order valence-electron chi connectivity index (χ1n) is 6.96. The molecule has 1 N–H and O–H groups in total. The van der Waals surface area contributed by atoms with Gasteiger partial charge < -0.3 is 10.0 Å². The van der Waals surface area contributed by atoms with E-state index >= 15 is 0 Å². The van der Waals surface area contributed by atoms with Gasteiger partial charge in [-0.3, -0.25) is 0 Å². The van der Waals surface area contributed by atoms with Crippen LogP contribution in [-0.4, -0.2) is 23.8 Å². The summed E-state index contributed by atoms with van der Waals surface area (Å²) in [7, 11) is 0. The molecule has 19 heavy (non-hydrogen) atoms. The van der Waals surface area contributed by atoms with Crippen LogP contribution in [0.3, 0.4) is 0 Å². The summed E-state index contributed by atoms with van der Waals surface area (Å²) in [6.45, 7) is 5.64. The van der Waals surface area contributed by atoms with E-state index in [2.05, 4.69) is 24.8 Å². The topological polar surface area (TPSA) is 47.3 Å². The zero-order valence-electron chi connectivity index (χ0n) is 11.8. The number of anilines is 1. The van der Waals surface area contributed by atoms with Gasteiger partial charge >= 0.3 is 0 Å². The Morgan fingerprint density at radius 3 is 2.84 bits per heavy atom. The molecule has 2 rings (SSSR count). The minimum Gasteiger partial charge on any atom is -0.396 e. The van der Waals surface area contributed by atoms with Gasteiger partial charge in [0.25, 0.3) is 0 Å². The first-order chi connectivity index (χ1) is 9.08. The zero-order chi connectivity index (χ0) is 13.9. The molecule has 0 bridgehead atoms. The van der Waals surface area contributed by atoms with Crippen molar-refractivity contribution in [3.63, 3.8) is 0 Å². The van der Waals surface area contributed by atoms with E-state index in [4.69, 9.17) is 5.11 Å². The average molecular weight is 258 g/mol. The zero-order valence-corrected chi connectivity index (χ0v) is 11.8. The van der Waals surface area contributed by atoms with Crippen molar-refractivity contribution in [1.29, 1.82) is 5.26 Å². The van der Waals surface area contributed by atoms with Crippen molar-refractivity contribution in [2.75, 3.05) is 18.1 Å². The molecule has 1 unspecified atom stereocenters. The molecular formula is C16H22N2O. The van der Waals surface area contributed by atoms with E-state index in [1.54, 1.807) is 0 Å². The van der Waals surface area contributed by atoms with Crippen LogP contribution in [0.5, 0.6) is 0 Å². The maximum atomic E-state index is 9.27. The summed E-state index contributed by atoms with van der Waals surface area (Å²) in [6.07, 6.45) is 3.09. The Kier molecular flexibility index (Phi) is 4.11. The molecule has 3 heteroatoms. The molecule has 0 radical (unpaired) electrons. The second kappa shape index (κ2) is 5.63. The molecule has 1 fully saturated rings. The Bertz CT molecular complexity index is 476. The fourth-order valence-corrected chi connectivity index (χ4v) is 2.94. The number of benzene rings is 1. The van der Waals surface area contributed by atoms with Crippen molar-refractivity contribution >= 4 is 5.69 Å². The lowest BCUT2D eigenvalue weighted by Gasteiger charge is -2.47. The molecule has 102 valence electrons. The van der Waals surface area contributed by atoms with Gasteiger partial charge in [0.2, 0.25) is 0 Å². The van der Waals surface area contributed by atoms with Gasteiger partial charge in [-0.1, -0.05) is 12.1 Å². The highest BCUT2D eigenvalue weighted by Gasteiger charge is 2.34. The lowest BCUT2D eigenvalue weighted by molar-refractivity contribution is 0.217. The van der Waals surface area contributed by atoms with E-state index in [0.29, 0.717) is 5.92 Å². The monoisotopic (exact) mass is 258 g/mol. The van der Waals surface area contributed by atoms with Crippen molar-refractivity contribution in [3.05, 3.63) is 29.8 Å². The highest BCUT2D eigenvalue weighted by Crippen LogP contribution is 2.37.